The Morgan fingerprint density at radius 1 is 0.926 bits per heavy atom. The molecule has 0 amide bonds. The molecule has 0 N–H and O–H groups in total. The molecule has 0 bridgehead atoms. The average molecular weight is 373 g/mol. The molecule has 27 heavy (non-hydrogen) atoms. The average Bonchev–Trinajstić information content (AvgIpc) is 3.07. The van der Waals surface area contributed by atoms with E-state index < -0.39 is 0 Å². The molecule has 0 radical (unpaired) electrons. The summed E-state index contributed by atoms with van der Waals surface area (Å²) in [6.45, 7) is 0.487. The van der Waals surface area contributed by atoms with E-state index in [0.29, 0.717) is 17.4 Å². The van der Waals surface area contributed by atoms with Crippen molar-refractivity contribution in [2.75, 3.05) is 0 Å². The standard InChI is InChI=1S/C23H17ClN2O/c24-19-11-5-4-10-18(19)16-26-21-13-7-6-12-20(21)25-23(26)22(27)15-14-17-8-2-1-3-9-17/h1-15H,16H2/b15-14+. The fourth-order valence-electron chi connectivity index (χ4n) is 3.03. The number of nitrogens with zero attached hydrogens (tertiary/aromatic N) is 2. The van der Waals surface area contributed by atoms with E-state index in [1.54, 1.807) is 6.08 Å². The Hall–Kier alpha value is -3.17. The van der Waals surface area contributed by atoms with Gasteiger partial charge >= 0.3 is 0 Å². The Morgan fingerprint density at radius 3 is 2.44 bits per heavy atom. The molecule has 4 aromatic rings. The SMILES string of the molecule is O=C(/C=C/c1ccccc1)c1nc2ccccc2n1Cc1ccccc1Cl. The highest BCUT2D eigenvalue weighted by molar-refractivity contribution is 6.31. The van der Waals surface area contributed by atoms with Gasteiger partial charge in [0.05, 0.1) is 17.6 Å². The van der Waals surface area contributed by atoms with Crippen LogP contribution in [0.5, 0.6) is 0 Å². The highest BCUT2D eigenvalue weighted by Gasteiger charge is 2.16. The first-order valence-electron chi connectivity index (χ1n) is 8.68. The molecule has 1 heterocycles. The van der Waals surface area contributed by atoms with E-state index in [4.69, 9.17) is 11.6 Å². The van der Waals surface area contributed by atoms with E-state index in [1.165, 1.54) is 0 Å². The van der Waals surface area contributed by atoms with E-state index in [-0.39, 0.29) is 5.78 Å². The number of benzene rings is 3. The summed E-state index contributed by atoms with van der Waals surface area (Å²) >= 11 is 6.33. The lowest BCUT2D eigenvalue weighted by atomic mass is 10.2. The molecule has 0 atom stereocenters. The van der Waals surface area contributed by atoms with Crippen molar-refractivity contribution in [1.29, 1.82) is 0 Å². The number of ketones is 1. The smallest absolute Gasteiger partial charge is 0.221 e. The minimum absolute atomic E-state index is 0.137. The molecule has 0 saturated carbocycles. The van der Waals surface area contributed by atoms with Crippen LogP contribution in [0.1, 0.15) is 21.7 Å². The van der Waals surface area contributed by atoms with Crippen LogP contribution in [0.2, 0.25) is 5.02 Å². The molecule has 0 unspecified atom stereocenters. The summed E-state index contributed by atoms with van der Waals surface area (Å²) in [5.74, 6) is 0.269. The Balaban J connectivity index is 1.75. The summed E-state index contributed by atoms with van der Waals surface area (Å²) in [5.41, 5.74) is 3.62. The predicted molar refractivity (Wildman–Crippen MR) is 110 cm³/mol. The van der Waals surface area contributed by atoms with Crippen LogP contribution in [0.15, 0.2) is 84.9 Å². The van der Waals surface area contributed by atoms with Gasteiger partial charge in [0.25, 0.3) is 0 Å². The van der Waals surface area contributed by atoms with Crippen molar-refractivity contribution >= 4 is 34.5 Å². The summed E-state index contributed by atoms with van der Waals surface area (Å²) in [4.78, 5) is 17.5. The molecule has 4 rings (SSSR count). The number of aromatic nitrogens is 2. The van der Waals surface area contributed by atoms with Crippen LogP contribution in [0.3, 0.4) is 0 Å². The van der Waals surface area contributed by atoms with Gasteiger partial charge in [-0.15, -0.1) is 0 Å². The highest BCUT2D eigenvalue weighted by Crippen LogP contribution is 2.22. The van der Waals surface area contributed by atoms with Gasteiger partial charge in [0.15, 0.2) is 5.82 Å². The van der Waals surface area contributed by atoms with E-state index in [9.17, 15) is 4.79 Å². The number of carbonyl (C=O) groups excluding carboxylic acids is 1. The zero-order valence-corrected chi connectivity index (χ0v) is 15.3. The lowest BCUT2D eigenvalue weighted by molar-refractivity contribution is 0.103. The van der Waals surface area contributed by atoms with Gasteiger partial charge < -0.3 is 4.57 Å². The largest absolute Gasteiger partial charge is 0.317 e. The molecule has 132 valence electrons. The van der Waals surface area contributed by atoms with Gasteiger partial charge in [-0.25, -0.2) is 4.98 Å². The highest BCUT2D eigenvalue weighted by atomic mass is 35.5. The third-order valence-corrected chi connectivity index (χ3v) is 4.76. The minimum Gasteiger partial charge on any atom is -0.317 e. The van der Waals surface area contributed by atoms with Crippen molar-refractivity contribution in [2.45, 2.75) is 6.54 Å². The Labute approximate surface area is 162 Å². The fourth-order valence-corrected chi connectivity index (χ4v) is 3.23. The number of carbonyl (C=O) groups is 1. The van der Waals surface area contributed by atoms with Crippen molar-refractivity contribution in [2.24, 2.45) is 0 Å². The first-order valence-corrected chi connectivity index (χ1v) is 9.06. The monoisotopic (exact) mass is 372 g/mol. The summed E-state index contributed by atoms with van der Waals surface area (Å²) in [6.07, 6.45) is 3.38. The van der Waals surface area contributed by atoms with Crippen LogP contribution in [0, 0.1) is 0 Å². The lowest BCUT2D eigenvalue weighted by Gasteiger charge is -2.09. The topological polar surface area (TPSA) is 34.9 Å². The van der Waals surface area contributed by atoms with Gasteiger partial charge in [-0.3, -0.25) is 4.79 Å². The van der Waals surface area contributed by atoms with Gasteiger partial charge in [-0.2, -0.15) is 0 Å². The number of para-hydroxylation sites is 2. The molecule has 3 nitrogen and oxygen atoms in total. The maximum absolute atomic E-state index is 12.9. The minimum atomic E-state index is -0.137. The molecule has 0 spiro atoms. The molecule has 0 saturated heterocycles. The molecule has 0 fully saturated rings. The Morgan fingerprint density at radius 2 is 1.63 bits per heavy atom. The number of hydrogen-bond acceptors (Lipinski definition) is 2. The van der Waals surface area contributed by atoms with E-state index in [1.807, 2.05) is 89.5 Å². The Bertz CT molecular complexity index is 1130. The van der Waals surface area contributed by atoms with Crippen molar-refractivity contribution < 1.29 is 4.79 Å². The number of fused-ring (bicyclic) bond motifs is 1. The van der Waals surface area contributed by atoms with Crippen LogP contribution in [0.25, 0.3) is 17.1 Å². The van der Waals surface area contributed by atoms with Crippen molar-refractivity contribution in [3.05, 3.63) is 107 Å². The predicted octanol–water partition coefficient (Wildman–Crippen LogP) is 5.63. The Kier molecular flexibility index (Phi) is 4.86. The normalized spacial score (nSPS) is 11.3. The first kappa shape index (κ1) is 17.3. The number of hydrogen-bond donors (Lipinski definition) is 0. The number of rotatable bonds is 5. The second-order valence-electron chi connectivity index (χ2n) is 6.21. The zero-order valence-electron chi connectivity index (χ0n) is 14.5. The fraction of sp³-hybridized carbons (Fsp3) is 0.0435. The molecule has 3 aromatic carbocycles. The van der Waals surface area contributed by atoms with E-state index >= 15 is 0 Å². The molecule has 0 aliphatic heterocycles. The van der Waals surface area contributed by atoms with Gasteiger partial charge in [0.1, 0.15) is 0 Å². The van der Waals surface area contributed by atoms with E-state index in [0.717, 1.165) is 22.2 Å². The number of halogens is 1. The molecular weight excluding hydrogens is 356 g/mol. The third-order valence-electron chi connectivity index (χ3n) is 4.39. The molecule has 4 heteroatoms. The molecule has 0 aliphatic carbocycles. The molecular formula is C23H17ClN2O. The molecule has 1 aromatic heterocycles. The van der Waals surface area contributed by atoms with Gasteiger partial charge in [0.2, 0.25) is 5.78 Å². The van der Waals surface area contributed by atoms with Crippen LogP contribution in [-0.4, -0.2) is 15.3 Å². The van der Waals surface area contributed by atoms with Crippen LogP contribution in [0.4, 0.5) is 0 Å². The maximum Gasteiger partial charge on any atom is 0.221 e. The second kappa shape index (κ2) is 7.60. The van der Waals surface area contributed by atoms with E-state index in [2.05, 4.69) is 4.98 Å². The zero-order chi connectivity index (χ0) is 18.6. The van der Waals surface area contributed by atoms with Gasteiger partial charge in [-0.05, 0) is 35.4 Å². The summed E-state index contributed by atoms with van der Waals surface area (Å²) in [6, 6.07) is 25.1. The summed E-state index contributed by atoms with van der Waals surface area (Å²) in [5, 5.41) is 0.675. The quantitative estimate of drug-likeness (QED) is 0.336. The van der Waals surface area contributed by atoms with Gasteiger partial charge in [0, 0.05) is 5.02 Å². The van der Waals surface area contributed by atoms with Crippen molar-refractivity contribution in [3.8, 4) is 0 Å². The molecule has 0 aliphatic rings. The summed E-state index contributed by atoms with van der Waals surface area (Å²) in [7, 11) is 0. The lowest BCUT2D eigenvalue weighted by Crippen LogP contribution is -2.10. The second-order valence-corrected chi connectivity index (χ2v) is 6.62. The first-order chi connectivity index (χ1) is 13.2. The van der Waals surface area contributed by atoms with Crippen LogP contribution < -0.4 is 0 Å². The summed E-state index contributed by atoms with van der Waals surface area (Å²) < 4.78 is 1.92. The van der Waals surface area contributed by atoms with Crippen molar-refractivity contribution in [1.82, 2.24) is 9.55 Å². The van der Waals surface area contributed by atoms with Gasteiger partial charge in [-0.1, -0.05) is 78.3 Å². The third kappa shape index (κ3) is 3.69. The number of allylic oxidation sites excluding steroid dienone is 1. The number of imidazole rings is 1. The van der Waals surface area contributed by atoms with Crippen molar-refractivity contribution in [3.63, 3.8) is 0 Å². The van der Waals surface area contributed by atoms with Crippen LogP contribution >= 0.6 is 11.6 Å². The maximum atomic E-state index is 12.9. The van der Waals surface area contributed by atoms with Crippen LogP contribution in [-0.2, 0) is 6.54 Å².